The number of amides is 1. The van der Waals surface area contributed by atoms with Crippen molar-refractivity contribution in [2.24, 2.45) is 5.92 Å². The molecular formula is C17H18N2O3. The average molecular weight is 298 g/mol. The zero-order chi connectivity index (χ0) is 15.5. The number of esters is 1. The van der Waals surface area contributed by atoms with Gasteiger partial charge >= 0.3 is 5.97 Å². The van der Waals surface area contributed by atoms with Crippen LogP contribution in [0.15, 0.2) is 36.4 Å². The van der Waals surface area contributed by atoms with E-state index in [-0.39, 0.29) is 24.3 Å². The van der Waals surface area contributed by atoms with Crippen LogP contribution in [0.1, 0.15) is 29.8 Å². The lowest BCUT2D eigenvalue weighted by Crippen LogP contribution is -2.38. The molecule has 0 bridgehead atoms. The first kappa shape index (κ1) is 14.5. The normalized spacial score (nSPS) is 15.3. The molecular weight excluding hydrogens is 280 g/mol. The van der Waals surface area contributed by atoms with Crippen molar-refractivity contribution >= 4 is 22.8 Å². The minimum atomic E-state index is -0.302. The standard InChI is InChI=1S/C17H18N2O3/c1-22-16(20)10-15(12-6-7-12)19-17(21)14-9-8-11-4-2-3-5-13(11)18-14/h2-5,8-9,12,15H,6-7,10H2,1H3,(H,19,21). The molecule has 1 aliphatic rings. The molecule has 1 saturated carbocycles. The van der Waals surface area contributed by atoms with E-state index in [1.165, 1.54) is 7.11 Å². The molecule has 5 nitrogen and oxygen atoms in total. The Morgan fingerprint density at radius 3 is 2.77 bits per heavy atom. The number of para-hydroxylation sites is 1. The third-order valence-corrected chi connectivity index (χ3v) is 3.95. The van der Waals surface area contributed by atoms with Crippen molar-refractivity contribution < 1.29 is 14.3 Å². The van der Waals surface area contributed by atoms with Crippen LogP contribution >= 0.6 is 0 Å². The van der Waals surface area contributed by atoms with Crippen LogP contribution in [0.4, 0.5) is 0 Å². The van der Waals surface area contributed by atoms with E-state index in [1.54, 1.807) is 6.07 Å². The molecule has 1 aromatic carbocycles. The maximum atomic E-state index is 12.4. The third-order valence-electron chi connectivity index (χ3n) is 3.95. The predicted octanol–water partition coefficient (Wildman–Crippen LogP) is 2.31. The van der Waals surface area contributed by atoms with Gasteiger partial charge in [-0.15, -0.1) is 0 Å². The number of methoxy groups -OCH3 is 1. The number of fused-ring (bicyclic) bond motifs is 1. The molecule has 1 heterocycles. The van der Waals surface area contributed by atoms with Crippen molar-refractivity contribution in [3.05, 3.63) is 42.1 Å². The minimum Gasteiger partial charge on any atom is -0.469 e. The number of nitrogens with one attached hydrogen (secondary N) is 1. The highest BCUT2D eigenvalue weighted by atomic mass is 16.5. The first-order valence-electron chi connectivity index (χ1n) is 7.41. The van der Waals surface area contributed by atoms with Gasteiger partial charge in [-0.1, -0.05) is 24.3 Å². The van der Waals surface area contributed by atoms with Gasteiger partial charge in [0.1, 0.15) is 5.69 Å². The maximum absolute atomic E-state index is 12.4. The zero-order valence-electron chi connectivity index (χ0n) is 12.4. The second-order valence-electron chi connectivity index (χ2n) is 5.59. The number of carbonyl (C=O) groups excluding carboxylic acids is 2. The molecule has 1 atom stereocenters. The third kappa shape index (κ3) is 3.24. The summed E-state index contributed by atoms with van der Waals surface area (Å²) in [5.74, 6) is -0.182. The fourth-order valence-corrected chi connectivity index (χ4v) is 2.53. The summed E-state index contributed by atoms with van der Waals surface area (Å²) >= 11 is 0. The van der Waals surface area contributed by atoms with Crippen LogP contribution in [0.3, 0.4) is 0 Å². The van der Waals surface area contributed by atoms with Gasteiger partial charge in [0.05, 0.1) is 19.0 Å². The Morgan fingerprint density at radius 2 is 2.05 bits per heavy atom. The van der Waals surface area contributed by atoms with Crippen molar-refractivity contribution in [1.82, 2.24) is 10.3 Å². The largest absolute Gasteiger partial charge is 0.469 e. The van der Waals surface area contributed by atoms with Crippen molar-refractivity contribution in [3.8, 4) is 0 Å². The molecule has 0 spiro atoms. The van der Waals surface area contributed by atoms with E-state index >= 15 is 0 Å². The smallest absolute Gasteiger partial charge is 0.307 e. The molecule has 1 fully saturated rings. The number of nitrogens with zero attached hydrogens (tertiary/aromatic N) is 1. The summed E-state index contributed by atoms with van der Waals surface area (Å²) in [5, 5.41) is 3.92. The van der Waals surface area contributed by atoms with E-state index in [2.05, 4.69) is 10.3 Å². The van der Waals surface area contributed by atoms with E-state index in [4.69, 9.17) is 4.74 Å². The van der Waals surface area contributed by atoms with Crippen LogP contribution in [-0.4, -0.2) is 30.0 Å². The second kappa shape index (κ2) is 6.13. The van der Waals surface area contributed by atoms with Gasteiger partial charge in [-0.2, -0.15) is 0 Å². The van der Waals surface area contributed by atoms with Crippen LogP contribution in [0.5, 0.6) is 0 Å². The number of rotatable bonds is 5. The number of pyridine rings is 1. The van der Waals surface area contributed by atoms with Gasteiger partial charge in [-0.05, 0) is 30.9 Å². The lowest BCUT2D eigenvalue weighted by molar-refractivity contribution is -0.141. The number of ether oxygens (including phenoxy) is 1. The molecule has 0 saturated heterocycles. The molecule has 1 amide bonds. The lowest BCUT2D eigenvalue weighted by Gasteiger charge is -2.16. The minimum absolute atomic E-state index is 0.173. The Labute approximate surface area is 128 Å². The predicted molar refractivity (Wildman–Crippen MR) is 82.4 cm³/mol. The molecule has 0 radical (unpaired) electrons. The second-order valence-corrected chi connectivity index (χ2v) is 5.59. The Kier molecular flexibility index (Phi) is 4.04. The summed E-state index contributed by atoms with van der Waals surface area (Å²) in [6.45, 7) is 0. The number of aromatic nitrogens is 1. The summed E-state index contributed by atoms with van der Waals surface area (Å²) in [6, 6.07) is 11.1. The Bertz CT molecular complexity index is 710. The molecule has 114 valence electrons. The summed E-state index contributed by atoms with van der Waals surface area (Å²) in [4.78, 5) is 28.2. The molecule has 5 heteroatoms. The number of carbonyl (C=O) groups is 2. The summed E-state index contributed by atoms with van der Waals surface area (Å²) in [7, 11) is 1.36. The molecule has 3 rings (SSSR count). The monoisotopic (exact) mass is 298 g/mol. The SMILES string of the molecule is COC(=O)CC(NC(=O)c1ccc2ccccc2n1)C1CC1. The van der Waals surface area contributed by atoms with Gasteiger partial charge in [0.2, 0.25) is 0 Å². The van der Waals surface area contributed by atoms with E-state index in [1.807, 2.05) is 30.3 Å². The van der Waals surface area contributed by atoms with Crippen LogP contribution in [0, 0.1) is 5.92 Å². The fourth-order valence-electron chi connectivity index (χ4n) is 2.53. The molecule has 22 heavy (non-hydrogen) atoms. The quantitative estimate of drug-likeness (QED) is 0.860. The maximum Gasteiger partial charge on any atom is 0.307 e. The van der Waals surface area contributed by atoms with Gasteiger partial charge < -0.3 is 10.1 Å². The topological polar surface area (TPSA) is 68.3 Å². The highest BCUT2D eigenvalue weighted by molar-refractivity contribution is 5.95. The van der Waals surface area contributed by atoms with E-state index in [0.717, 1.165) is 23.7 Å². The van der Waals surface area contributed by atoms with Crippen molar-refractivity contribution in [2.45, 2.75) is 25.3 Å². The lowest BCUT2D eigenvalue weighted by atomic mass is 10.1. The van der Waals surface area contributed by atoms with Gasteiger partial charge in [0, 0.05) is 11.4 Å². The van der Waals surface area contributed by atoms with Gasteiger partial charge in [0.15, 0.2) is 0 Å². The molecule has 1 aliphatic carbocycles. The van der Waals surface area contributed by atoms with E-state index in [0.29, 0.717) is 11.6 Å². The highest BCUT2D eigenvalue weighted by Gasteiger charge is 2.34. The van der Waals surface area contributed by atoms with Crippen LogP contribution < -0.4 is 5.32 Å². The summed E-state index contributed by atoms with van der Waals surface area (Å²) in [6.07, 6.45) is 2.28. The van der Waals surface area contributed by atoms with Crippen molar-refractivity contribution in [2.75, 3.05) is 7.11 Å². The van der Waals surface area contributed by atoms with Crippen LogP contribution in [-0.2, 0) is 9.53 Å². The molecule has 1 N–H and O–H groups in total. The Hall–Kier alpha value is -2.43. The van der Waals surface area contributed by atoms with Gasteiger partial charge in [-0.25, -0.2) is 4.98 Å². The van der Waals surface area contributed by atoms with Gasteiger partial charge in [0.25, 0.3) is 5.91 Å². The average Bonchev–Trinajstić information content (AvgIpc) is 3.38. The summed E-state index contributed by atoms with van der Waals surface area (Å²) < 4.78 is 4.70. The van der Waals surface area contributed by atoms with Crippen molar-refractivity contribution in [3.63, 3.8) is 0 Å². The first-order valence-corrected chi connectivity index (χ1v) is 7.41. The number of hydrogen-bond donors (Lipinski definition) is 1. The zero-order valence-corrected chi connectivity index (χ0v) is 12.4. The van der Waals surface area contributed by atoms with E-state index in [9.17, 15) is 9.59 Å². The van der Waals surface area contributed by atoms with E-state index < -0.39 is 0 Å². The molecule has 2 aromatic rings. The van der Waals surface area contributed by atoms with Crippen LogP contribution in [0.2, 0.25) is 0 Å². The number of benzene rings is 1. The molecule has 1 aromatic heterocycles. The molecule has 1 unspecified atom stereocenters. The summed E-state index contributed by atoms with van der Waals surface area (Å²) in [5.41, 5.74) is 1.15. The fraction of sp³-hybridized carbons (Fsp3) is 0.353. The highest BCUT2D eigenvalue weighted by Crippen LogP contribution is 2.34. The number of hydrogen-bond acceptors (Lipinski definition) is 4. The van der Waals surface area contributed by atoms with Gasteiger partial charge in [-0.3, -0.25) is 9.59 Å². The first-order chi connectivity index (χ1) is 10.7. The van der Waals surface area contributed by atoms with Crippen LogP contribution in [0.25, 0.3) is 10.9 Å². The molecule has 0 aliphatic heterocycles. The Balaban J connectivity index is 1.74. The van der Waals surface area contributed by atoms with Crippen molar-refractivity contribution in [1.29, 1.82) is 0 Å². The Morgan fingerprint density at radius 1 is 1.27 bits per heavy atom.